The van der Waals surface area contributed by atoms with Crippen LogP contribution in [0.5, 0.6) is 0 Å². The Morgan fingerprint density at radius 3 is 2.57 bits per heavy atom. The van der Waals surface area contributed by atoms with Crippen LogP contribution in [0.25, 0.3) is 5.69 Å². The molecule has 0 aliphatic carbocycles. The molecule has 0 spiro atoms. The van der Waals surface area contributed by atoms with Crippen LogP contribution in [-0.4, -0.2) is 25.4 Å². The SMILES string of the molecule is Cc1cccc(Cl)c1NC(=O)c1cnc(Nc2cccc(Nc3ccc(-n4ccnc4)cn3)c2)s1. The number of hydrogen-bond donors (Lipinski definition) is 3. The van der Waals surface area contributed by atoms with Crippen molar-refractivity contribution in [1.29, 1.82) is 0 Å². The minimum absolute atomic E-state index is 0.257. The van der Waals surface area contributed by atoms with Gasteiger partial charge in [-0.2, -0.15) is 0 Å². The van der Waals surface area contributed by atoms with Crippen molar-refractivity contribution in [1.82, 2.24) is 19.5 Å². The standard InChI is InChI=1S/C25H20ClN7OS/c1-16-4-2-7-20(26)23(16)32-24(34)21-14-29-25(35-21)31-18-6-3-5-17(12-18)30-22-9-8-19(13-28-22)33-11-10-27-15-33/h2-15H,1H3,(H,28,30)(H,29,31)(H,32,34). The lowest BCUT2D eigenvalue weighted by Crippen LogP contribution is -2.11. The van der Waals surface area contributed by atoms with E-state index in [4.69, 9.17) is 11.6 Å². The topological polar surface area (TPSA) is 96.8 Å². The van der Waals surface area contributed by atoms with E-state index < -0.39 is 0 Å². The molecule has 1 amide bonds. The lowest BCUT2D eigenvalue weighted by atomic mass is 10.2. The van der Waals surface area contributed by atoms with Crippen LogP contribution in [0.4, 0.5) is 28.0 Å². The van der Waals surface area contributed by atoms with Crippen molar-refractivity contribution >= 4 is 56.9 Å². The first kappa shape index (κ1) is 22.6. The largest absolute Gasteiger partial charge is 0.340 e. The maximum Gasteiger partial charge on any atom is 0.267 e. The summed E-state index contributed by atoms with van der Waals surface area (Å²) < 4.78 is 1.89. The van der Waals surface area contributed by atoms with E-state index in [9.17, 15) is 4.79 Å². The Morgan fingerprint density at radius 2 is 1.83 bits per heavy atom. The number of anilines is 5. The molecular formula is C25H20ClN7OS. The van der Waals surface area contributed by atoms with E-state index in [2.05, 4.69) is 30.9 Å². The third kappa shape index (κ3) is 5.32. The van der Waals surface area contributed by atoms with Crippen LogP contribution in [0.1, 0.15) is 15.2 Å². The summed E-state index contributed by atoms with van der Waals surface area (Å²) in [6.45, 7) is 1.89. The zero-order valence-corrected chi connectivity index (χ0v) is 20.1. The molecule has 0 saturated carbocycles. The van der Waals surface area contributed by atoms with Crippen molar-refractivity contribution in [2.45, 2.75) is 6.92 Å². The normalized spacial score (nSPS) is 10.7. The van der Waals surface area contributed by atoms with Crippen LogP contribution in [-0.2, 0) is 0 Å². The molecule has 3 N–H and O–H groups in total. The van der Waals surface area contributed by atoms with Gasteiger partial charge in [-0.25, -0.2) is 15.0 Å². The van der Waals surface area contributed by atoms with E-state index in [-0.39, 0.29) is 5.91 Å². The first-order valence-electron chi connectivity index (χ1n) is 10.7. The number of thiazole rings is 1. The number of halogens is 1. The van der Waals surface area contributed by atoms with Gasteiger partial charge in [0.15, 0.2) is 5.13 Å². The highest BCUT2D eigenvalue weighted by Gasteiger charge is 2.14. The molecule has 0 aliphatic heterocycles. The van der Waals surface area contributed by atoms with E-state index in [1.807, 2.05) is 66.2 Å². The molecule has 0 bridgehead atoms. The monoisotopic (exact) mass is 501 g/mol. The highest BCUT2D eigenvalue weighted by Crippen LogP contribution is 2.29. The fourth-order valence-corrected chi connectivity index (χ4v) is 4.37. The highest BCUT2D eigenvalue weighted by atomic mass is 35.5. The lowest BCUT2D eigenvalue weighted by molar-refractivity contribution is 0.103. The fraction of sp³-hybridized carbons (Fsp3) is 0.0400. The maximum absolute atomic E-state index is 12.7. The molecule has 0 atom stereocenters. The number of nitrogens with one attached hydrogen (secondary N) is 3. The molecular weight excluding hydrogens is 482 g/mol. The second-order valence-electron chi connectivity index (χ2n) is 7.62. The average molecular weight is 502 g/mol. The van der Waals surface area contributed by atoms with Crippen molar-refractivity contribution in [3.63, 3.8) is 0 Å². The summed E-state index contributed by atoms with van der Waals surface area (Å²) in [5, 5.41) is 10.5. The fourth-order valence-electron chi connectivity index (χ4n) is 3.37. The van der Waals surface area contributed by atoms with Crippen LogP contribution in [0.2, 0.25) is 5.02 Å². The van der Waals surface area contributed by atoms with Crippen LogP contribution < -0.4 is 16.0 Å². The van der Waals surface area contributed by atoms with E-state index >= 15 is 0 Å². The van der Waals surface area contributed by atoms with Crippen molar-refractivity contribution in [2.24, 2.45) is 0 Å². The van der Waals surface area contributed by atoms with Crippen LogP contribution in [0.3, 0.4) is 0 Å². The number of amides is 1. The Balaban J connectivity index is 1.24. The molecule has 5 rings (SSSR count). The number of pyridine rings is 1. The van der Waals surface area contributed by atoms with Gasteiger partial charge in [-0.1, -0.05) is 41.1 Å². The summed E-state index contributed by atoms with van der Waals surface area (Å²) in [6, 6.07) is 17.1. The lowest BCUT2D eigenvalue weighted by Gasteiger charge is -2.09. The number of para-hydroxylation sites is 1. The van der Waals surface area contributed by atoms with Gasteiger partial charge in [0, 0.05) is 23.8 Å². The molecule has 10 heteroatoms. The number of benzene rings is 2. The number of rotatable bonds is 7. The Bertz CT molecular complexity index is 1450. The molecule has 35 heavy (non-hydrogen) atoms. The highest BCUT2D eigenvalue weighted by molar-refractivity contribution is 7.17. The summed E-state index contributed by atoms with van der Waals surface area (Å²) in [7, 11) is 0. The molecule has 0 saturated heterocycles. The van der Waals surface area contributed by atoms with Crippen LogP contribution >= 0.6 is 22.9 Å². The van der Waals surface area contributed by atoms with Crippen molar-refractivity contribution in [2.75, 3.05) is 16.0 Å². The summed E-state index contributed by atoms with van der Waals surface area (Å²) in [6.07, 6.45) is 8.64. The predicted molar refractivity (Wildman–Crippen MR) is 141 cm³/mol. The van der Waals surface area contributed by atoms with Gasteiger partial charge < -0.3 is 20.5 Å². The van der Waals surface area contributed by atoms with E-state index in [1.54, 1.807) is 31.0 Å². The Hall–Kier alpha value is -4.21. The Labute approximate surface area is 210 Å². The van der Waals surface area contributed by atoms with E-state index in [0.717, 1.165) is 22.6 Å². The Kier molecular flexibility index (Phi) is 6.42. The van der Waals surface area contributed by atoms with Gasteiger partial charge in [0.25, 0.3) is 5.91 Å². The molecule has 2 aromatic carbocycles. The third-order valence-electron chi connectivity index (χ3n) is 5.13. The number of carbonyl (C=O) groups is 1. The zero-order valence-electron chi connectivity index (χ0n) is 18.6. The summed E-state index contributed by atoms with van der Waals surface area (Å²) in [5.41, 5.74) is 4.11. The van der Waals surface area contributed by atoms with Gasteiger partial charge >= 0.3 is 0 Å². The third-order valence-corrected chi connectivity index (χ3v) is 6.35. The van der Waals surface area contributed by atoms with Crippen molar-refractivity contribution in [3.05, 3.63) is 101 Å². The maximum atomic E-state index is 12.7. The zero-order chi connectivity index (χ0) is 24.2. The molecule has 0 radical (unpaired) electrons. The summed E-state index contributed by atoms with van der Waals surface area (Å²) in [4.78, 5) is 26.0. The minimum atomic E-state index is -0.257. The summed E-state index contributed by atoms with van der Waals surface area (Å²) >= 11 is 7.48. The Morgan fingerprint density at radius 1 is 1.00 bits per heavy atom. The number of hydrogen-bond acceptors (Lipinski definition) is 7. The van der Waals surface area contributed by atoms with Crippen LogP contribution in [0, 0.1) is 6.92 Å². The van der Waals surface area contributed by atoms with Crippen molar-refractivity contribution in [3.8, 4) is 5.69 Å². The molecule has 0 aliphatic rings. The van der Waals surface area contributed by atoms with Gasteiger partial charge in [0.1, 0.15) is 10.7 Å². The van der Waals surface area contributed by atoms with E-state index in [1.165, 1.54) is 11.3 Å². The van der Waals surface area contributed by atoms with Gasteiger partial charge in [0.2, 0.25) is 0 Å². The van der Waals surface area contributed by atoms with Crippen molar-refractivity contribution < 1.29 is 4.79 Å². The molecule has 8 nitrogen and oxygen atoms in total. The number of carbonyl (C=O) groups excluding carboxylic acids is 1. The molecule has 3 heterocycles. The van der Waals surface area contributed by atoms with Gasteiger partial charge in [-0.3, -0.25) is 4.79 Å². The molecule has 5 aromatic rings. The van der Waals surface area contributed by atoms with Gasteiger partial charge in [0.05, 0.1) is 35.1 Å². The van der Waals surface area contributed by atoms with Gasteiger partial charge in [-0.05, 0) is 48.9 Å². The van der Waals surface area contributed by atoms with Crippen LogP contribution in [0.15, 0.2) is 85.7 Å². The summed E-state index contributed by atoms with van der Waals surface area (Å²) in [5.74, 6) is 0.460. The number of aromatic nitrogens is 4. The number of aryl methyl sites for hydroxylation is 1. The smallest absolute Gasteiger partial charge is 0.267 e. The molecule has 174 valence electrons. The first-order valence-corrected chi connectivity index (χ1v) is 11.9. The second-order valence-corrected chi connectivity index (χ2v) is 9.06. The van der Waals surface area contributed by atoms with E-state index in [0.29, 0.717) is 26.5 Å². The second kappa shape index (κ2) is 9.96. The number of imidazole rings is 1. The quantitative estimate of drug-likeness (QED) is 0.238. The average Bonchev–Trinajstić information content (AvgIpc) is 3.55. The minimum Gasteiger partial charge on any atom is -0.340 e. The first-order chi connectivity index (χ1) is 17.0. The molecule has 3 aromatic heterocycles. The molecule has 0 fully saturated rings. The van der Waals surface area contributed by atoms with Gasteiger partial charge in [-0.15, -0.1) is 0 Å². The number of nitrogens with zero attached hydrogens (tertiary/aromatic N) is 4. The predicted octanol–water partition coefficient (Wildman–Crippen LogP) is 6.43. The molecule has 0 unspecified atom stereocenters.